The molecule has 43 heavy (non-hydrogen) atoms. The van der Waals surface area contributed by atoms with Gasteiger partial charge in [0.25, 0.3) is 0 Å². The molecule has 0 radical (unpaired) electrons. The number of nitrogens with one attached hydrogen (secondary N) is 1. The summed E-state index contributed by atoms with van der Waals surface area (Å²) in [6.45, 7) is 18.6. The molecule has 7 heteroatoms. The molecule has 2 aliphatic rings. The first-order valence-corrected chi connectivity index (χ1v) is 16.7. The van der Waals surface area contributed by atoms with E-state index in [9.17, 15) is 0 Å². The Morgan fingerprint density at radius 1 is 1.09 bits per heavy atom. The molecule has 5 rings (SSSR count). The number of rotatable bonds is 7. The molecule has 5 nitrogen and oxygen atoms in total. The monoisotopic (exact) mass is 623 g/mol. The topological polar surface area (TPSA) is 34.6 Å². The number of hydrogen-bond donors (Lipinski definition) is 1. The maximum absolute atomic E-state index is 6.38. The summed E-state index contributed by atoms with van der Waals surface area (Å²) in [7, 11) is 8.19. The van der Waals surface area contributed by atoms with E-state index in [1.54, 1.807) is 23.5 Å². The fourth-order valence-electron chi connectivity index (χ4n) is 5.17. The van der Waals surface area contributed by atoms with Crippen LogP contribution >= 0.6 is 22.9 Å². The van der Waals surface area contributed by atoms with E-state index in [1.165, 1.54) is 46.5 Å². The number of anilines is 1. The number of halogens is 1. The van der Waals surface area contributed by atoms with Gasteiger partial charge in [0.05, 0.1) is 4.34 Å². The molecule has 1 N–H and O–H groups in total. The van der Waals surface area contributed by atoms with E-state index in [0.29, 0.717) is 5.92 Å². The first-order valence-electron chi connectivity index (χ1n) is 15.5. The maximum atomic E-state index is 6.38. The molecule has 0 saturated carbocycles. The van der Waals surface area contributed by atoms with Gasteiger partial charge in [-0.2, -0.15) is 0 Å². The second-order valence-corrected chi connectivity index (χ2v) is 13.3. The highest BCUT2D eigenvalue weighted by molar-refractivity contribution is 7.16. The molecule has 236 valence electrons. The van der Waals surface area contributed by atoms with Crippen molar-refractivity contribution in [2.24, 2.45) is 0 Å². The van der Waals surface area contributed by atoms with Crippen LogP contribution in [-0.4, -0.2) is 75.2 Å². The largest absolute Gasteiger partial charge is 0.357 e. The van der Waals surface area contributed by atoms with Crippen molar-refractivity contribution in [2.75, 3.05) is 59.3 Å². The van der Waals surface area contributed by atoms with Gasteiger partial charge in [-0.25, -0.2) is 4.98 Å². The summed E-state index contributed by atoms with van der Waals surface area (Å²) in [4.78, 5) is 12.9. The van der Waals surface area contributed by atoms with E-state index < -0.39 is 0 Å². The summed E-state index contributed by atoms with van der Waals surface area (Å²) in [5.74, 6) is 1.38. The van der Waals surface area contributed by atoms with E-state index in [2.05, 4.69) is 98.6 Å². The van der Waals surface area contributed by atoms with Crippen LogP contribution in [0.25, 0.3) is 11.1 Å². The van der Waals surface area contributed by atoms with Crippen molar-refractivity contribution < 1.29 is 0 Å². The van der Waals surface area contributed by atoms with E-state index >= 15 is 0 Å². The summed E-state index contributed by atoms with van der Waals surface area (Å²) in [5.41, 5.74) is 5.17. The third kappa shape index (κ3) is 12.2. The van der Waals surface area contributed by atoms with Gasteiger partial charge in [0, 0.05) is 54.8 Å². The summed E-state index contributed by atoms with van der Waals surface area (Å²) in [6.07, 6.45) is 9.18. The Hall–Kier alpha value is -2.48. The predicted octanol–water partition coefficient (Wildman–Crippen LogP) is 8.57. The van der Waals surface area contributed by atoms with Crippen molar-refractivity contribution >= 4 is 28.8 Å². The Labute approximate surface area is 271 Å². The average molecular weight is 624 g/mol. The van der Waals surface area contributed by atoms with Crippen LogP contribution in [0.3, 0.4) is 0 Å². The summed E-state index contributed by atoms with van der Waals surface area (Å²) in [5, 5.41) is 3.32. The van der Waals surface area contributed by atoms with E-state index in [1.807, 2.05) is 32.2 Å². The summed E-state index contributed by atoms with van der Waals surface area (Å²) in [6, 6.07) is 16.1. The molecule has 0 amide bonds. The zero-order chi connectivity index (χ0) is 31.8. The third-order valence-electron chi connectivity index (χ3n) is 7.16. The molecule has 1 saturated heterocycles. The Morgan fingerprint density at radius 3 is 2.30 bits per heavy atom. The number of fused-ring (bicyclic) bond motifs is 1. The first-order chi connectivity index (χ1) is 20.6. The van der Waals surface area contributed by atoms with Gasteiger partial charge in [0.1, 0.15) is 5.82 Å². The van der Waals surface area contributed by atoms with Crippen molar-refractivity contribution in [3.8, 4) is 11.1 Å². The first kappa shape index (κ1) is 36.7. The highest BCUT2D eigenvalue weighted by atomic mass is 35.5. The summed E-state index contributed by atoms with van der Waals surface area (Å²) >= 11 is 8.09. The zero-order valence-electron chi connectivity index (χ0n) is 27.6. The number of aromatic nitrogens is 1. The second-order valence-electron chi connectivity index (χ2n) is 11.6. The molecule has 1 fully saturated rings. The Bertz CT molecular complexity index is 1210. The van der Waals surface area contributed by atoms with Crippen LogP contribution < -0.4 is 10.2 Å². The fraction of sp³-hybridized carbons (Fsp3) is 0.472. The predicted molar refractivity (Wildman–Crippen MR) is 192 cm³/mol. The lowest BCUT2D eigenvalue weighted by atomic mass is 9.84. The van der Waals surface area contributed by atoms with Crippen molar-refractivity contribution in [3.05, 3.63) is 94.3 Å². The van der Waals surface area contributed by atoms with Crippen LogP contribution in [0.4, 0.5) is 5.82 Å². The fourth-order valence-corrected chi connectivity index (χ4v) is 6.59. The highest BCUT2D eigenvalue weighted by Crippen LogP contribution is 2.42. The maximum Gasteiger partial charge on any atom is 0.128 e. The van der Waals surface area contributed by atoms with Crippen LogP contribution in [0.5, 0.6) is 0 Å². The molecular weight excluding hydrogens is 570 g/mol. The number of hydrogen-bond acceptors (Lipinski definition) is 6. The number of thiophene rings is 1. The molecule has 0 unspecified atom stereocenters. The van der Waals surface area contributed by atoms with Gasteiger partial charge >= 0.3 is 0 Å². The number of benzene rings is 1. The molecule has 3 aromatic rings. The lowest BCUT2D eigenvalue weighted by Gasteiger charge is -2.31. The SMILES string of the molecule is C=CC=C.CCCN(CC)c1ccc(-c2ccccc2[C@@H]2CN(C)Cc3sc(Cl)cc32)cn1.CN(C)C.C[C@@H]1CCCN1. The number of nitrogens with zero attached hydrogens (tertiary/aromatic N) is 4. The number of pyridine rings is 1. The van der Waals surface area contributed by atoms with Gasteiger partial charge in [-0.05, 0) is 103 Å². The summed E-state index contributed by atoms with van der Waals surface area (Å²) < 4.78 is 0.884. The average Bonchev–Trinajstić information content (AvgIpc) is 3.63. The second kappa shape index (κ2) is 19.7. The normalized spacial score (nSPS) is 17.3. The minimum Gasteiger partial charge on any atom is -0.357 e. The lowest BCUT2D eigenvalue weighted by Crippen LogP contribution is -2.30. The Morgan fingerprint density at radius 2 is 1.79 bits per heavy atom. The Kier molecular flexibility index (Phi) is 16.8. The molecule has 2 atom stereocenters. The molecular formula is C36H54ClN5S. The third-order valence-corrected chi connectivity index (χ3v) is 8.43. The van der Waals surface area contributed by atoms with Crippen LogP contribution in [0, 0.1) is 0 Å². The number of likely N-dealkylation sites (N-methyl/N-ethyl adjacent to an activating group) is 1. The van der Waals surface area contributed by atoms with Gasteiger partial charge in [-0.15, -0.1) is 11.3 Å². The van der Waals surface area contributed by atoms with Gasteiger partial charge in [0.2, 0.25) is 0 Å². The van der Waals surface area contributed by atoms with Crippen molar-refractivity contribution in [3.63, 3.8) is 0 Å². The minimum absolute atomic E-state index is 0.329. The Balaban J connectivity index is 0.000000382. The van der Waals surface area contributed by atoms with E-state index in [0.717, 1.165) is 48.8 Å². The van der Waals surface area contributed by atoms with Crippen LogP contribution in [0.2, 0.25) is 4.34 Å². The van der Waals surface area contributed by atoms with Gasteiger partial charge in [0.15, 0.2) is 0 Å². The molecule has 2 aromatic heterocycles. The van der Waals surface area contributed by atoms with Crippen molar-refractivity contribution in [2.45, 2.75) is 58.5 Å². The van der Waals surface area contributed by atoms with Crippen molar-refractivity contribution in [1.82, 2.24) is 20.1 Å². The van der Waals surface area contributed by atoms with Gasteiger partial charge in [-0.3, -0.25) is 0 Å². The quantitative estimate of drug-likeness (QED) is 0.267. The van der Waals surface area contributed by atoms with Crippen LogP contribution in [-0.2, 0) is 6.54 Å². The van der Waals surface area contributed by atoms with Gasteiger partial charge < -0.3 is 20.0 Å². The zero-order valence-corrected chi connectivity index (χ0v) is 29.1. The molecule has 1 aromatic carbocycles. The van der Waals surface area contributed by atoms with Crippen molar-refractivity contribution in [1.29, 1.82) is 0 Å². The van der Waals surface area contributed by atoms with E-state index in [-0.39, 0.29) is 0 Å². The molecule has 4 heterocycles. The highest BCUT2D eigenvalue weighted by Gasteiger charge is 2.28. The molecule has 0 spiro atoms. The number of allylic oxidation sites excluding steroid dienone is 2. The van der Waals surface area contributed by atoms with E-state index in [4.69, 9.17) is 16.6 Å². The molecule has 2 aliphatic heterocycles. The van der Waals surface area contributed by atoms with Gasteiger partial charge in [-0.1, -0.05) is 68.1 Å². The standard InChI is InChI=1S/C24H28ClN3S.C5H11N.C4H6.C3H9N/c1-4-12-28(5-2)24-11-10-17(14-26-24)18-8-6-7-9-19(18)21-15-27(3)16-22-20(21)13-23(25)29-22;1-5-3-2-4-6-5;1-3-4-2;1-4(2)3/h6-11,13-14,21H,4-5,12,15-16H2,1-3H3;5-6H,2-4H2,1H3;3-4H,1-2H2;1-3H3/t21-;5-;;/m01../s1. The van der Waals surface area contributed by atoms with Crippen LogP contribution in [0.15, 0.2) is 74.0 Å². The smallest absolute Gasteiger partial charge is 0.128 e. The molecule has 0 aliphatic carbocycles. The van der Waals surface area contributed by atoms with Crippen LogP contribution in [0.1, 0.15) is 62.0 Å². The lowest BCUT2D eigenvalue weighted by molar-refractivity contribution is 0.299. The molecule has 0 bridgehead atoms. The minimum atomic E-state index is 0.329.